The van der Waals surface area contributed by atoms with Crippen LogP contribution in [0.3, 0.4) is 0 Å². The van der Waals surface area contributed by atoms with E-state index >= 15 is 0 Å². The van der Waals surface area contributed by atoms with Crippen LogP contribution in [0.15, 0.2) is 0 Å². The van der Waals surface area contributed by atoms with Gasteiger partial charge in [0.1, 0.15) is 0 Å². The van der Waals surface area contributed by atoms with E-state index in [9.17, 15) is 5.21 Å². The van der Waals surface area contributed by atoms with E-state index in [1.165, 1.54) is 0 Å². The number of nitrogens with zero attached hydrogens (tertiary/aromatic N) is 1. The molecule has 2 heteroatoms. The molecule has 0 atom stereocenters. The summed E-state index contributed by atoms with van der Waals surface area (Å²) in [5.41, 5.74) is 0. The van der Waals surface area contributed by atoms with Gasteiger partial charge in [0.15, 0.2) is 12.3 Å². The molecule has 0 aromatic rings. The molecule has 0 saturated carbocycles. The Morgan fingerprint density at radius 1 is 1.22 bits per heavy atom. The maximum Gasteiger partial charge on any atom is 0.157 e. The number of hydroxylamine groups is 1. The van der Waals surface area contributed by atoms with Gasteiger partial charge in [-0.3, -0.25) is 0 Å². The Morgan fingerprint density at radius 3 is 1.78 bits per heavy atom. The van der Waals surface area contributed by atoms with Crippen molar-refractivity contribution in [2.24, 2.45) is 5.92 Å². The van der Waals surface area contributed by atoms with Crippen molar-refractivity contribution in [1.29, 1.82) is 0 Å². The summed E-state index contributed by atoms with van der Waals surface area (Å²) in [6.07, 6.45) is 1.69. The Hall–Kier alpha value is -0.530. The lowest BCUT2D eigenvalue weighted by molar-refractivity contribution is -0.489. The summed E-state index contributed by atoms with van der Waals surface area (Å²) in [6, 6.07) is 0.0763. The molecule has 54 valence electrons. The van der Waals surface area contributed by atoms with Gasteiger partial charge in [-0.25, -0.2) is 4.74 Å². The quantitative estimate of drug-likeness (QED) is 0.241. The highest BCUT2D eigenvalue weighted by Gasteiger charge is 1.99. The van der Waals surface area contributed by atoms with E-state index < -0.39 is 0 Å². The Kier molecular flexibility index (Phi) is 3.28. The molecule has 0 spiro atoms. The Labute approximate surface area is 56.8 Å². The molecule has 0 aliphatic heterocycles. The first-order valence-electron chi connectivity index (χ1n) is 3.34. The van der Waals surface area contributed by atoms with Crippen molar-refractivity contribution >= 4 is 6.21 Å². The molecule has 0 aromatic carbocycles. The molecule has 0 aliphatic rings. The van der Waals surface area contributed by atoms with Gasteiger partial charge in [0.2, 0.25) is 0 Å². The van der Waals surface area contributed by atoms with Crippen LogP contribution in [-0.2, 0) is 0 Å². The minimum Gasteiger partial charge on any atom is -0.624 e. The van der Waals surface area contributed by atoms with Crippen molar-refractivity contribution in [2.45, 2.75) is 33.7 Å². The van der Waals surface area contributed by atoms with Crippen molar-refractivity contribution in [3.05, 3.63) is 5.21 Å². The van der Waals surface area contributed by atoms with Crippen molar-refractivity contribution in [1.82, 2.24) is 0 Å². The maximum absolute atomic E-state index is 10.8. The summed E-state index contributed by atoms with van der Waals surface area (Å²) in [6.45, 7) is 7.75. The molecule has 0 fully saturated rings. The highest BCUT2D eigenvalue weighted by atomic mass is 16.5. The zero-order chi connectivity index (χ0) is 7.44. The van der Waals surface area contributed by atoms with Crippen LogP contribution in [0.1, 0.15) is 27.7 Å². The van der Waals surface area contributed by atoms with E-state index in [-0.39, 0.29) is 6.04 Å². The second-order valence-electron chi connectivity index (χ2n) is 2.85. The van der Waals surface area contributed by atoms with Crippen LogP contribution in [-0.4, -0.2) is 17.0 Å². The van der Waals surface area contributed by atoms with Gasteiger partial charge in [-0.15, -0.1) is 0 Å². The average molecular weight is 129 g/mol. The van der Waals surface area contributed by atoms with Crippen molar-refractivity contribution in [2.75, 3.05) is 0 Å². The third-order valence-electron chi connectivity index (χ3n) is 0.954. The monoisotopic (exact) mass is 129 g/mol. The number of rotatable bonds is 2. The fourth-order valence-electron chi connectivity index (χ4n) is 0.466. The van der Waals surface area contributed by atoms with E-state index in [1.54, 1.807) is 6.21 Å². The number of hydrogen-bond acceptors (Lipinski definition) is 1. The zero-order valence-corrected chi connectivity index (χ0v) is 6.59. The first kappa shape index (κ1) is 8.47. The van der Waals surface area contributed by atoms with Crippen LogP contribution in [0.25, 0.3) is 0 Å². The number of hydrogen-bond donors (Lipinski definition) is 0. The lowest BCUT2D eigenvalue weighted by atomic mass is 10.2. The standard InChI is InChI=1S/C7H15NO/c1-6(2)5-8(9)7(3)4/h5-7H,1-4H3. The summed E-state index contributed by atoms with van der Waals surface area (Å²) in [5.74, 6) is 0.352. The molecule has 0 heterocycles. The summed E-state index contributed by atoms with van der Waals surface area (Å²) < 4.78 is 0.991. The van der Waals surface area contributed by atoms with Crippen LogP contribution in [0.5, 0.6) is 0 Å². The fourth-order valence-corrected chi connectivity index (χ4v) is 0.466. The van der Waals surface area contributed by atoms with Gasteiger partial charge >= 0.3 is 0 Å². The highest BCUT2D eigenvalue weighted by molar-refractivity contribution is 5.53. The Morgan fingerprint density at radius 2 is 1.67 bits per heavy atom. The van der Waals surface area contributed by atoms with Gasteiger partial charge in [-0.2, -0.15) is 0 Å². The topological polar surface area (TPSA) is 26.1 Å². The van der Waals surface area contributed by atoms with E-state index in [0.29, 0.717) is 5.92 Å². The molecule has 0 aliphatic carbocycles. The summed E-state index contributed by atoms with van der Waals surface area (Å²) in [7, 11) is 0. The van der Waals surface area contributed by atoms with Crippen molar-refractivity contribution in [3.8, 4) is 0 Å². The molecular formula is C7H15NO. The van der Waals surface area contributed by atoms with E-state index in [4.69, 9.17) is 0 Å². The molecular weight excluding hydrogens is 114 g/mol. The van der Waals surface area contributed by atoms with Crippen LogP contribution in [0.4, 0.5) is 0 Å². The van der Waals surface area contributed by atoms with E-state index in [2.05, 4.69) is 0 Å². The highest BCUT2D eigenvalue weighted by Crippen LogP contribution is 1.89. The molecule has 0 saturated heterocycles. The normalized spacial score (nSPS) is 13.3. The first-order valence-corrected chi connectivity index (χ1v) is 3.34. The maximum atomic E-state index is 10.8. The van der Waals surface area contributed by atoms with Gasteiger partial charge < -0.3 is 5.21 Å². The second-order valence-corrected chi connectivity index (χ2v) is 2.85. The predicted octanol–water partition coefficient (Wildman–Crippen LogP) is 1.63. The largest absolute Gasteiger partial charge is 0.624 e. The Bertz CT molecular complexity index is 105. The molecule has 0 bridgehead atoms. The van der Waals surface area contributed by atoms with Gasteiger partial charge in [-0.05, 0) is 13.8 Å². The molecule has 0 radical (unpaired) electrons. The van der Waals surface area contributed by atoms with Gasteiger partial charge in [0, 0.05) is 5.92 Å². The third kappa shape index (κ3) is 4.01. The summed E-state index contributed by atoms with van der Waals surface area (Å²) >= 11 is 0. The second kappa shape index (κ2) is 3.49. The van der Waals surface area contributed by atoms with Gasteiger partial charge in [-0.1, -0.05) is 13.8 Å². The Balaban J connectivity index is 3.84. The molecule has 0 aromatic heterocycles. The lowest BCUT2D eigenvalue weighted by Gasteiger charge is -2.07. The SMILES string of the molecule is CC(C)C=[N+]([O-])C(C)C. The molecule has 9 heavy (non-hydrogen) atoms. The minimum atomic E-state index is 0.0763. The molecule has 0 amide bonds. The zero-order valence-electron chi connectivity index (χ0n) is 6.59. The average Bonchev–Trinajstić information content (AvgIpc) is 1.63. The van der Waals surface area contributed by atoms with Crippen molar-refractivity contribution < 1.29 is 4.74 Å². The van der Waals surface area contributed by atoms with E-state index in [1.807, 2.05) is 27.7 Å². The van der Waals surface area contributed by atoms with Crippen LogP contribution < -0.4 is 0 Å². The summed E-state index contributed by atoms with van der Waals surface area (Å²) in [5, 5.41) is 10.8. The third-order valence-corrected chi connectivity index (χ3v) is 0.954. The fraction of sp³-hybridized carbons (Fsp3) is 0.857. The first-order chi connectivity index (χ1) is 4.04. The molecule has 0 N–H and O–H groups in total. The molecule has 2 nitrogen and oxygen atoms in total. The molecule has 0 rings (SSSR count). The van der Waals surface area contributed by atoms with Crippen LogP contribution >= 0.6 is 0 Å². The van der Waals surface area contributed by atoms with Crippen molar-refractivity contribution in [3.63, 3.8) is 0 Å². The van der Waals surface area contributed by atoms with Crippen LogP contribution in [0, 0.1) is 11.1 Å². The smallest absolute Gasteiger partial charge is 0.157 e. The lowest BCUT2D eigenvalue weighted by Crippen LogP contribution is -2.16. The van der Waals surface area contributed by atoms with E-state index in [0.717, 1.165) is 4.74 Å². The summed E-state index contributed by atoms with van der Waals surface area (Å²) in [4.78, 5) is 0. The minimum absolute atomic E-state index is 0.0763. The van der Waals surface area contributed by atoms with Gasteiger partial charge in [0.25, 0.3) is 0 Å². The van der Waals surface area contributed by atoms with Gasteiger partial charge in [0.05, 0.1) is 0 Å². The predicted molar refractivity (Wildman–Crippen MR) is 39.7 cm³/mol. The molecule has 0 unspecified atom stereocenters. The van der Waals surface area contributed by atoms with Crippen LogP contribution in [0.2, 0.25) is 0 Å².